The van der Waals surface area contributed by atoms with Gasteiger partial charge in [-0.15, -0.1) is 0 Å². The van der Waals surface area contributed by atoms with Crippen molar-refractivity contribution in [1.29, 1.82) is 0 Å². The van der Waals surface area contributed by atoms with Gasteiger partial charge in [0.25, 0.3) is 5.91 Å². The third-order valence-electron chi connectivity index (χ3n) is 6.14. The number of halogens is 3. The van der Waals surface area contributed by atoms with Crippen molar-refractivity contribution >= 4 is 17.3 Å². The number of pyridine rings is 2. The molecule has 1 aliphatic carbocycles. The van der Waals surface area contributed by atoms with E-state index in [1.165, 1.54) is 0 Å². The van der Waals surface area contributed by atoms with Crippen LogP contribution in [-0.4, -0.2) is 15.9 Å². The van der Waals surface area contributed by atoms with Crippen molar-refractivity contribution in [3.05, 3.63) is 71.4 Å². The summed E-state index contributed by atoms with van der Waals surface area (Å²) in [6, 6.07) is 5.87. The van der Waals surface area contributed by atoms with E-state index in [9.17, 15) is 18.0 Å². The molecule has 0 unspecified atom stereocenters. The average Bonchev–Trinajstić information content (AvgIpc) is 2.74. The Kier molecular flexibility index (Phi) is 6.35. The molecule has 1 amide bonds. The van der Waals surface area contributed by atoms with Gasteiger partial charge in [-0.2, -0.15) is 0 Å². The van der Waals surface area contributed by atoms with Crippen molar-refractivity contribution in [2.24, 2.45) is 11.8 Å². The van der Waals surface area contributed by atoms with Crippen LogP contribution in [0.4, 0.5) is 24.5 Å². The molecule has 0 spiro atoms. The monoisotopic (exact) mass is 454 g/mol. The molecule has 1 aliphatic rings. The van der Waals surface area contributed by atoms with E-state index >= 15 is 0 Å². The summed E-state index contributed by atoms with van der Waals surface area (Å²) in [6.07, 6.45) is 6.37. The normalized spacial score (nSPS) is 20.5. The summed E-state index contributed by atoms with van der Waals surface area (Å²) in [5, 5.41) is 2.77. The SMILES string of the molecule is C[C@@H]1C[C@H](C)C[C@H](c2ccncc2NC(=O)c2nc(-c3c(F)cccc3F)c(F)cc2N)C1. The lowest BCUT2D eigenvalue weighted by Gasteiger charge is -2.32. The Bertz CT molecular complexity index is 1170. The number of carbonyl (C=O) groups is 1. The molecule has 0 aliphatic heterocycles. The lowest BCUT2D eigenvalue weighted by atomic mass is 9.74. The van der Waals surface area contributed by atoms with Crippen LogP contribution < -0.4 is 11.1 Å². The van der Waals surface area contributed by atoms with E-state index in [2.05, 4.69) is 29.1 Å². The summed E-state index contributed by atoms with van der Waals surface area (Å²) in [7, 11) is 0. The number of anilines is 2. The molecule has 33 heavy (non-hydrogen) atoms. The first-order valence-corrected chi connectivity index (χ1v) is 10.9. The van der Waals surface area contributed by atoms with Crippen molar-refractivity contribution in [1.82, 2.24) is 9.97 Å². The average molecular weight is 454 g/mol. The van der Waals surface area contributed by atoms with Crippen LogP contribution in [0.25, 0.3) is 11.3 Å². The zero-order valence-electron chi connectivity index (χ0n) is 18.4. The van der Waals surface area contributed by atoms with E-state index in [0.29, 0.717) is 17.5 Å². The van der Waals surface area contributed by atoms with E-state index in [-0.39, 0.29) is 17.3 Å². The number of nitrogen functional groups attached to an aromatic ring is 1. The maximum atomic E-state index is 14.5. The summed E-state index contributed by atoms with van der Waals surface area (Å²) in [6.45, 7) is 4.43. The quantitative estimate of drug-likeness (QED) is 0.512. The third kappa shape index (κ3) is 4.69. The predicted molar refractivity (Wildman–Crippen MR) is 121 cm³/mol. The van der Waals surface area contributed by atoms with Gasteiger partial charge in [-0.05, 0) is 60.8 Å². The fourth-order valence-corrected chi connectivity index (χ4v) is 4.83. The van der Waals surface area contributed by atoms with E-state index in [1.807, 2.05) is 6.07 Å². The van der Waals surface area contributed by atoms with Crippen molar-refractivity contribution < 1.29 is 18.0 Å². The Morgan fingerprint density at radius 3 is 2.36 bits per heavy atom. The van der Waals surface area contributed by atoms with E-state index in [0.717, 1.165) is 49.1 Å². The van der Waals surface area contributed by atoms with E-state index < -0.39 is 34.6 Å². The van der Waals surface area contributed by atoms with Gasteiger partial charge in [0.05, 0.1) is 23.1 Å². The van der Waals surface area contributed by atoms with Gasteiger partial charge in [0.1, 0.15) is 17.3 Å². The Morgan fingerprint density at radius 1 is 1.03 bits per heavy atom. The number of hydrogen-bond donors (Lipinski definition) is 2. The standard InChI is InChI=1S/C25H25F3N4O/c1-13-8-14(2)10-15(9-13)16-6-7-30-12-21(16)31-25(33)24-20(29)11-19(28)23(32-24)22-17(26)4-3-5-18(22)27/h3-7,11-15H,8-10,29H2,1-2H3,(H,31,33)/t13-,14+,15-. The number of rotatable bonds is 4. The highest BCUT2D eigenvalue weighted by Crippen LogP contribution is 2.41. The minimum Gasteiger partial charge on any atom is -0.397 e. The molecule has 2 aromatic heterocycles. The van der Waals surface area contributed by atoms with Crippen LogP contribution in [0.1, 0.15) is 55.1 Å². The Hall–Kier alpha value is -3.42. The van der Waals surface area contributed by atoms with Crippen LogP contribution in [0.5, 0.6) is 0 Å². The van der Waals surface area contributed by atoms with Crippen LogP contribution in [0.15, 0.2) is 42.7 Å². The zero-order valence-corrected chi connectivity index (χ0v) is 18.4. The zero-order chi connectivity index (χ0) is 23.7. The second kappa shape index (κ2) is 9.21. The summed E-state index contributed by atoms with van der Waals surface area (Å²) >= 11 is 0. The number of benzene rings is 1. The minimum atomic E-state index is -1.03. The molecule has 5 nitrogen and oxygen atoms in total. The van der Waals surface area contributed by atoms with Gasteiger partial charge in [0, 0.05) is 12.3 Å². The number of carbonyl (C=O) groups excluding carboxylic acids is 1. The number of amides is 1. The van der Waals surface area contributed by atoms with Crippen molar-refractivity contribution in [2.45, 2.75) is 39.0 Å². The van der Waals surface area contributed by atoms with Gasteiger partial charge in [0.15, 0.2) is 11.5 Å². The fourth-order valence-electron chi connectivity index (χ4n) is 4.83. The lowest BCUT2D eigenvalue weighted by Crippen LogP contribution is -2.22. The molecule has 0 saturated heterocycles. The predicted octanol–water partition coefficient (Wildman–Crippen LogP) is 5.94. The first-order chi connectivity index (χ1) is 15.7. The minimum absolute atomic E-state index is 0.240. The number of nitrogens with two attached hydrogens (primary N) is 1. The molecule has 2 heterocycles. The molecule has 0 radical (unpaired) electrons. The van der Waals surface area contributed by atoms with E-state index in [4.69, 9.17) is 5.73 Å². The summed E-state index contributed by atoms with van der Waals surface area (Å²) in [4.78, 5) is 21.1. The van der Waals surface area contributed by atoms with Gasteiger partial charge in [-0.1, -0.05) is 19.9 Å². The number of nitrogens with zero attached hydrogens (tertiary/aromatic N) is 2. The molecule has 3 aromatic rings. The molecule has 0 bridgehead atoms. The summed E-state index contributed by atoms with van der Waals surface area (Å²) in [5.41, 5.74) is 5.48. The molecule has 1 aromatic carbocycles. The summed E-state index contributed by atoms with van der Waals surface area (Å²) < 4.78 is 43.0. The first kappa shape index (κ1) is 22.8. The highest BCUT2D eigenvalue weighted by molar-refractivity contribution is 6.06. The van der Waals surface area contributed by atoms with Gasteiger partial charge >= 0.3 is 0 Å². The van der Waals surface area contributed by atoms with E-state index in [1.54, 1.807) is 12.4 Å². The smallest absolute Gasteiger partial charge is 0.276 e. The molecule has 172 valence electrons. The number of aromatic nitrogens is 2. The molecule has 1 saturated carbocycles. The summed E-state index contributed by atoms with van der Waals surface area (Å²) in [5.74, 6) is -2.35. The number of nitrogens with one attached hydrogen (secondary N) is 1. The highest BCUT2D eigenvalue weighted by atomic mass is 19.1. The first-order valence-electron chi connectivity index (χ1n) is 10.9. The molecule has 3 atom stereocenters. The topological polar surface area (TPSA) is 80.9 Å². The van der Waals surface area contributed by atoms with Gasteiger partial charge in [0.2, 0.25) is 0 Å². The Labute approximate surface area is 190 Å². The van der Waals surface area contributed by atoms with Crippen molar-refractivity contribution in [3.8, 4) is 11.3 Å². The molecular formula is C25H25F3N4O. The molecule has 4 rings (SSSR count). The Morgan fingerprint density at radius 2 is 1.70 bits per heavy atom. The molecule has 3 N–H and O–H groups in total. The van der Waals surface area contributed by atoms with Crippen LogP contribution in [-0.2, 0) is 0 Å². The van der Waals surface area contributed by atoms with Crippen LogP contribution in [0.3, 0.4) is 0 Å². The largest absolute Gasteiger partial charge is 0.397 e. The van der Waals surface area contributed by atoms with Gasteiger partial charge in [-0.25, -0.2) is 18.2 Å². The second-order valence-corrected chi connectivity index (χ2v) is 8.88. The third-order valence-corrected chi connectivity index (χ3v) is 6.14. The van der Waals surface area contributed by atoms with Crippen molar-refractivity contribution in [2.75, 3.05) is 11.1 Å². The molecule has 8 heteroatoms. The molecular weight excluding hydrogens is 429 g/mol. The number of hydrogen-bond acceptors (Lipinski definition) is 4. The highest BCUT2D eigenvalue weighted by Gasteiger charge is 2.28. The van der Waals surface area contributed by atoms with Crippen LogP contribution in [0, 0.1) is 29.3 Å². The molecule has 1 fully saturated rings. The van der Waals surface area contributed by atoms with Gasteiger partial charge < -0.3 is 11.1 Å². The fraction of sp³-hybridized carbons (Fsp3) is 0.320. The van der Waals surface area contributed by atoms with Crippen molar-refractivity contribution in [3.63, 3.8) is 0 Å². The Balaban J connectivity index is 1.68. The second-order valence-electron chi connectivity index (χ2n) is 8.88. The van der Waals surface area contributed by atoms with Crippen LogP contribution in [0.2, 0.25) is 0 Å². The van der Waals surface area contributed by atoms with Crippen LogP contribution >= 0.6 is 0 Å². The lowest BCUT2D eigenvalue weighted by molar-refractivity contribution is 0.102. The van der Waals surface area contributed by atoms with Gasteiger partial charge in [-0.3, -0.25) is 9.78 Å². The maximum absolute atomic E-state index is 14.5. The maximum Gasteiger partial charge on any atom is 0.276 e.